The number of halogens is 2. The molecule has 152 valence electrons. The van der Waals surface area contributed by atoms with E-state index in [-0.39, 0.29) is 11.7 Å². The van der Waals surface area contributed by atoms with Gasteiger partial charge in [-0.15, -0.1) is 10.2 Å². The maximum absolute atomic E-state index is 12.5. The van der Waals surface area contributed by atoms with Crippen LogP contribution in [0.1, 0.15) is 5.56 Å². The number of benzene rings is 2. The van der Waals surface area contributed by atoms with E-state index < -0.39 is 0 Å². The quantitative estimate of drug-likeness (QED) is 0.366. The Morgan fingerprint density at radius 2 is 1.90 bits per heavy atom. The highest BCUT2D eigenvalue weighted by Gasteiger charge is 2.14. The molecule has 0 spiro atoms. The first-order valence-electron chi connectivity index (χ1n) is 8.95. The number of hydrogen-bond donors (Lipinski definition) is 1. The van der Waals surface area contributed by atoms with Gasteiger partial charge in [0, 0.05) is 6.20 Å². The largest absolute Gasteiger partial charge is 0.455 e. The minimum atomic E-state index is -0.204. The van der Waals surface area contributed by atoms with Crippen LogP contribution in [0.2, 0.25) is 10.0 Å². The number of carbonyl (C=O) groups excluding carboxylic acids is 1. The van der Waals surface area contributed by atoms with E-state index in [1.807, 2.05) is 43.3 Å². The summed E-state index contributed by atoms with van der Waals surface area (Å²) < 4.78 is 7.59. The predicted octanol–water partition coefficient (Wildman–Crippen LogP) is 5.87. The number of pyridine rings is 1. The molecule has 1 amide bonds. The van der Waals surface area contributed by atoms with Gasteiger partial charge in [-0.25, -0.2) is 0 Å². The summed E-state index contributed by atoms with van der Waals surface area (Å²) in [6, 6.07) is 16.6. The number of fused-ring (bicyclic) bond motifs is 1. The number of anilines is 1. The fraction of sp³-hybridized carbons (Fsp3) is 0.0952. The Balaban J connectivity index is 1.44. The first-order chi connectivity index (χ1) is 14.5. The average Bonchev–Trinajstić information content (AvgIpc) is 3.13. The minimum absolute atomic E-state index is 0.129. The van der Waals surface area contributed by atoms with E-state index in [2.05, 4.69) is 15.5 Å². The van der Waals surface area contributed by atoms with Gasteiger partial charge in [0.2, 0.25) is 5.91 Å². The molecule has 0 aliphatic heterocycles. The number of ether oxygens (including phenoxy) is 1. The van der Waals surface area contributed by atoms with Crippen molar-refractivity contribution in [2.45, 2.75) is 12.1 Å². The molecule has 0 atom stereocenters. The second-order valence-corrected chi connectivity index (χ2v) is 8.22. The Kier molecular flexibility index (Phi) is 6.13. The van der Waals surface area contributed by atoms with E-state index >= 15 is 0 Å². The third kappa shape index (κ3) is 4.70. The normalized spacial score (nSPS) is 10.9. The Labute approximate surface area is 187 Å². The van der Waals surface area contributed by atoms with Crippen molar-refractivity contribution in [1.82, 2.24) is 14.6 Å². The molecule has 0 fully saturated rings. The zero-order chi connectivity index (χ0) is 21.1. The number of rotatable bonds is 6. The monoisotopic (exact) mass is 458 g/mol. The van der Waals surface area contributed by atoms with Crippen LogP contribution in [0, 0.1) is 6.92 Å². The lowest BCUT2D eigenvalue weighted by atomic mass is 10.2. The molecular weight excluding hydrogens is 443 g/mol. The lowest BCUT2D eigenvalue weighted by Crippen LogP contribution is -2.14. The smallest absolute Gasteiger partial charge is 0.234 e. The van der Waals surface area contributed by atoms with Crippen molar-refractivity contribution in [2.75, 3.05) is 11.1 Å². The number of carbonyl (C=O) groups is 1. The molecule has 0 unspecified atom stereocenters. The zero-order valence-corrected chi connectivity index (χ0v) is 18.1. The van der Waals surface area contributed by atoms with Gasteiger partial charge in [0.15, 0.2) is 16.6 Å². The third-order valence-corrected chi connectivity index (χ3v) is 5.57. The van der Waals surface area contributed by atoms with Gasteiger partial charge in [-0.2, -0.15) is 0 Å². The molecule has 2 heterocycles. The van der Waals surface area contributed by atoms with Gasteiger partial charge in [0.05, 0.1) is 21.5 Å². The summed E-state index contributed by atoms with van der Waals surface area (Å²) in [7, 11) is 0. The number of aromatic nitrogens is 3. The third-order valence-electron chi connectivity index (χ3n) is 4.14. The molecule has 9 heteroatoms. The average molecular weight is 459 g/mol. The van der Waals surface area contributed by atoms with Crippen molar-refractivity contribution in [3.05, 3.63) is 76.4 Å². The standard InChI is InChI=1S/C21H16Cl2N4O2S/c1-13-6-8-15(9-7-13)29-18-5-3-2-4-17(18)24-19(28)12-30-21-26-25-20-16(23)10-14(22)11-27(20)21/h2-11H,12H2,1H3,(H,24,28). The second kappa shape index (κ2) is 8.95. The molecule has 30 heavy (non-hydrogen) atoms. The fourth-order valence-electron chi connectivity index (χ4n) is 2.71. The Morgan fingerprint density at radius 1 is 1.13 bits per heavy atom. The molecule has 0 saturated carbocycles. The van der Waals surface area contributed by atoms with Crippen LogP contribution in [-0.4, -0.2) is 26.3 Å². The predicted molar refractivity (Wildman–Crippen MR) is 120 cm³/mol. The summed E-state index contributed by atoms with van der Waals surface area (Å²) in [6.07, 6.45) is 1.66. The van der Waals surface area contributed by atoms with Crippen molar-refractivity contribution in [2.24, 2.45) is 0 Å². The summed E-state index contributed by atoms with van der Waals surface area (Å²) in [5, 5.41) is 12.4. The van der Waals surface area contributed by atoms with Crippen LogP contribution in [0.5, 0.6) is 11.5 Å². The fourth-order valence-corrected chi connectivity index (χ4v) is 3.93. The molecule has 0 bridgehead atoms. The number of nitrogens with one attached hydrogen (secondary N) is 1. The number of aryl methyl sites for hydroxylation is 1. The number of para-hydroxylation sites is 2. The molecule has 1 N–H and O–H groups in total. The number of hydrogen-bond acceptors (Lipinski definition) is 5. The minimum Gasteiger partial charge on any atom is -0.455 e. The second-order valence-electron chi connectivity index (χ2n) is 6.43. The first kappa shape index (κ1) is 20.5. The van der Waals surface area contributed by atoms with Crippen molar-refractivity contribution >= 4 is 52.2 Å². The summed E-state index contributed by atoms with van der Waals surface area (Å²) in [4.78, 5) is 12.5. The van der Waals surface area contributed by atoms with Crippen LogP contribution in [0.25, 0.3) is 5.65 Å². The highest BCUT2D eigenvalue weighted by molar-refractivity contribution is 7.99. The van der Waals surface area contributed by atoms with E-state index in [0.29, 0.717) is 38.0 Å². The van der Waals surface area contributed by atoms with Crippen LogP contribution in [0.4, 0.5) is 5.69 Å². The highest BCUT2D eigenvalue weighted by Crippen LogP contribution is 2.30. The van der Waals surface area contributed by atoms with Gasteiger partial charge < -0.3 is 10.1 Å². The van der Waals surface area contributed by atoms with Crippen molar-refractivity contribution in [3.63, 3.8) is 0 Å². The van der Waals surface area contributed by atoms with Gasteiger partial charge in [-0.3, -0.25) is 9.20 Å². The Morgan fingerprint density at radius 3 is 2.70 bits per heavy atom. The van der Waals surface area contributed by atoms with E-state index in [0.717, 1.165) is 5.56 Å². The van der Waals surface area contributed by atoms with E-state index in [4.69, 9.17) is 27.9 Å². The number of amides is 1. The molecule has 2 aromatic carbocycles. The maximum atomic E-state index is 12.5. The number of thioether (sulfide) groups is 1. The van der Waals surface area contributed by atoms with Crippen molar-refractivity contribution < 1.29 is 9.53 Å². The SMILES string of the molecule is Cc1ccc(Oc2ccccc2NC(=O)CSc2nnc3c(Cl)cc(Cl)cn23)cc1. The molecule has 2 aromatic heterocycles. The van der Waals surface area contributed by atoms with Gasteiger partial charge in [0.25, 0.3) is 0 Å². The topological polar surface area (TPSA) is 68.5 Å². The molecule has 0 aliphatic carbocycles. The summed E-state index contributed by atoms with van der Waals surface area (Å²) >= 11 is 13.4. The molecule has 0 saturated heterocycles. The molecule has 4 rings (SSSR count). The maximum Gasteiger partial charge on any atom is 0.234 e. The lowest BCUT2D eigenvalue weighted by Gasteiger charge is -2.12. The van der Waals surface area contributed by atoms with Crippen LogP contribution in [0.15, 0.2) is 66.0 Å². The number of nitrogens with zero attached hydrogens (tertiary/aromatic N) is 3. The lowest BCUT2D eigenvalue weighted by molar-refractivity contribution is -0.113. The molecule has 4 aromatic rings. The van der Waals surface area contributed by atoms with Gasteiger partial charge >= 0.3 is 0 Å². The Hall–Kier alpha value is -2.74. The van der Waals surface area contributed by atoms with E-state index in [1.165, 1.54) is 11.8 Å². The van der Waals surface area contributed by atoms with Crippen LogP contribution < -0.4 is 10.1 Å². The van der Waals surface area contributed by atoms with Crippen LogP contribution in [-0.2, 0) is 4.79 Å². The first-order valence-corrected chi connectivity index (χ1v) is 10.7. The van der Waals surface area contributed by atoms with Crippen molar-refractivity contribution in [3.8, 4) is 11.5 Å². The molecule has 6 nitrogen and oxygen atoms in total. The van der Waals surface area contributed by atoms with Crippen molar-refractivity contribution in [1.29, 1.82) is 0 Å². The zero-order valence-electron chi connectivity index (χ0n) is 15.8. The summed E-state index contributed by atoms with van der Waals surface area (Å²) in [5.41, 5.74) is 2.21. The van der Waals surface area contributed by atoms with Crippen LogP contribution in [0.3, 0.4) is 0 Å². The molecule has 0 radical (unpaired) electrons. The van der Waals surface area contributed by atoms with Gasteiger partial charge in [0.1, 0.15) is 5.75 Å². The molecular formula is C21H16Cl2N4O2S. The Bertz CT molecular complexity index is 1210. The van der Waals surface area contributed by atoms with Gasteiger partial charge in [-0.05, 0) is 37.3 Å². The summed E-state index contributed by atoms with van der Waals surface area (Å²) in [6.45, 7) is 2.01. The van der Waals surface area contributed by atoms with E-state index in [1.54, 1.807) is 28.8 Å². The molecule has 0 aliphatic rings. The van der Waals surface area contributed by atoms with Gasteiger partial charge in [-0.1, -0.05) is 64.8 Å². The van der Waals surface area contributed by atoms with Crippen LogP contribution >= 0.6 is 35.0 Å². The highest BCUT2D eigenvalue weighted by atomic mass is 35.5. The summed E-state index contributed by atoms with van der Waals surface area (Å²) in [5.74, 6) is 1.18. The van der Waals surface area contributed by atoms with E-state index in [9.17, 15) is 4.79 Å².